The first-order chi connectivity index (χ1) is 8.69. The van der Waals surface area contributed by atoms with E-state index in [1.165, 1.54) is 4.88 Å². The van der Waals surface area contributed by atoms with E-state index < -0.39 is 0 Å². The molecule has 3 nitrogen and oxygen atoms in total. The van der Waals surface area contributed by atoms with Gasteiger partial charge in [0.2, 0.25) is 0 Å². The van der Waals surface area contributed by atoms with Crippen molar-refractivity contribution in [2.24, 2.45) is 0 Å². The van der Waals surface area contributed by atoms with Crippen molar-refractivity contribution < 1.29 is 0 Å². The van der Waals surface area contributed by atoms with Crippen LogP contribution in [0.2, 0.25) is 0 Å². The maximum absolute atomic E-state index is 4.67. The van der Waals surface area contributed by atoms with E-state index in [9.17, 15) is 0 Å². The molecule has 2 aromatic heterocycles. The van der Waals surface area contributed by atoms with E-state index in [2.05, 4.69) is 63.9 Å². The van der Waals surface area contributed by atoms with Gasteiger partial charge in [0.15, 0.2) is 5.82 Å². The number of aromatic nitrogens is 2. The minimum atomic E-state index is 0.835. The lowest BCUT2D eigenvalue weighted by molar-refractivity contribution is 0.992. The summed E-state index contributed by atoms with van der Waals surface area (Å²) in [6.45, 7) is 4.29. The second kappa shape index (κ2) is 5.97. The number of rotatable bonds is 4. The fraction of sp³-hybridized carbons (Fsp3) is 0.385. The molecule has 0 aliphatic carbocycles. The molecule has 5 heteroatoms. The van der Waals surface area contributed by atoms with Crippen LogP contribution < -0.4 is 5.32 Å². The number of anilines is 1. The second-order valence-corrected chi connectivity index (χ2v) is 6.13. The topological polar surface area (TPSA) is 37.8 Å². The largest absolute Gasteiger partial charge is 0.372 e. The van der Waals surface area contributed by atoms with Gasteiger partial charge < -0.3 is 5.32 Å². The molecule has 0 saturated heterocycles. The molecule has 0 aliphatic rings. The molecular weight excluding hydrogens is 357 g/mol. The van der Waals surface area contributed by atoms with Gasteiger partial charge >= 0.3 is 0 Å². The molecule has 0 aliphatic heterocycles. The Balaban J connectivity index is 2.50. The Morgan fingerprint density at radius 1 is 1.22 bits per heavy atom. The molecule has 96 valence electrons. The van der Waals surface area contributed by atoms with Crippen LogP contribution >= 0.6 is 33.9 Å². The molecule has 0 unspecified atom stereocenters. The number of hydrogen-bond donors (Lipinski definition) is 1. The summed E-state index contributed by atoms with van der Waals surface area (Å²) in [5.74, 6) is 1.75. The molecule has 0 atom stereocenters. The van der Waals surface area contributed by atoms with Crippen molar-refractivity contribution in [3.05, 3.63) is 26.3 Å². The molecule has 0 amide bonds. The zero-order chi connectivity index (χ0) is 13.1. The summed E-state index contributed by atoms with van der Waals surface area (Å²) in [5.41, 5.74) is 1.11. The Kier molecular flexibility index (Phi) is 4.55. The van der Waals surface area contributed by atoms with E-state index in [4.69, 9.17) is 0 Å². The molecule has 0 saturated carbocycles. The average molecular weight is 373 g/mol. The van der Waals surface area contributed by atoms with E-state index >= 15 is 0 Å². The first kappa shape index (κ1) is 13.7. The third-order valence-corrected chi connectivity index (χ3v) is 5.08. The number of halogens is 1. The summed E-state index contributed by atoms with van der Waals surface area (Å²) in [6, 6.07) is 4.27. The van der Waals surface area contributed by atoms with Crippen LogP contribution in [0.25, 0.3) is 10.7 Å². The Bertz CT molecular complexity index is 526. The molecule has 2 aromatic rings. The minimum Gasteiger partial charge on any atom is -0.372 e. The third kappa shape index (κ3) is 2.66. The van der Waals surface area contributed by atoms with Gasteiger partial charge in [-0.05, 0) is 47.6 Å². The van der Waals surface area contributed by atoms with Crippen LogP contribution in [0, 0.1) is 3.57 Å². The summed E-state index contributed by atoms with van der Waals surface area (Å²) in [5, 5.41) is 3.15. The van der Waals surface area contributed by atoms with Crippen LogP contribution in [-0.2, 0) is 12.8 Å². The van der Waals surface area contributed by atoms with Crippen LogP contribution in [0.15, 0.2) is 12.1 Å². The van der Waals surface area contributed by atoms with Gasteiger partial charge in [-0.3, -0.25) is 0 Å². The first-order valence-electron chi connectivity index (χ1n) is 6.02. The van der Waals surface area contributed by atoms with E-state index in [0.717, 1.165) is 38.6 Å². The van der Waals surface area contributed by atoms with Crippen LogP contribution in [0.3, 0.4) is 0 Å². The predicted octanol–water partition coefficient (Wildman–Crippen LogP) is 3.98. The van der Waals surface area contributed by atoms with Crippen LogP contribution in [0.5, 0.6) is 0 Å². The molecule has 1 N–H and O–H groups in total. The fourth-order valence-electron chi connectivity index (χ4n) is 1.69. The first-order valence-corrected chi connectivity index (χ1v) is 7.92. The fourth-order valence-corrected chi connectivity index (χ4v) is 3.47. The highest BCUT2D eigenvalue weighted by Gasteiger charge is 2.12. The summed E-state index contributed by atoms with van der Waals surface area (Å²) in [6.07, 6.45) is 1.99. The van der Waals surface area contributed by atoms with Crippen molar-refractivity contribution in [2.45, 2.75) is 26.7 Å². The van der Waals surface area contributed by atoms with Gasteiger partial charge in [0.25, 0.3) is 0 Å². The summed E-state index contributed by atoms with van der Waals surface area (Å²) in [4.78, 5) is 11.8. The molecule has 0 aromatic carbocycles. The molecule has 0 fully saturated rings. The van der Waals surface area contributed by atoms with Crippen LogP contribution in [0.4, 0.5) is 5.82 Å². The summed E-state index contributed by atoms with van der Waals surface area (Å²) >= 11 is 4.08. The zero-order valence-electron chi connectivity index (χ0n) is 10.7. The maximum Gasteiger partial charge on any atom is 0.171 e. The third-order valence-electron chi connectivity index (χ3n) is 2.72. The SMILES string of the molecule is CCc1ccc(-c2nc(CC)c(I)c(NC)n2)s1. The van der Waals surface area contributed by atoms with Gasteiger partial charge in [0, 0.05) is 11.9 Å². The number of nitrogens with zero attached hydrogens (tertiary/aromatic N) is 2. The van der Waals surface area contributed by atoms with Gasteiger partial charge in [-0.1, -0.05) is 13.8 Å². The number of aryl methyl sites for hydroxylation is 2. The van der Waals surface area contributed by atoms with Gasteiger partial charge in [-0.2, -0.15) is 0 Å². The highest BCUT2D eigenvalue weighted by Crippen LogP contribution is 2.29. The van der Waals surface area contributed by atoms with E-state index in [0.29, 0.717) is 0 Å². The summed E-state index contributed by atoms with van der Waals surface area (Å²) in [7, 11) is 1.90. The van der Waals surface area contributed by atoms with Gasteiger partial charge in [0.05, 0.1) is 14.1 Å². The number of hydrogen-bond acceptors (Lipinski definition) is 4. The lowest BCUT2D eigenvalue weighted by atomic mass is 10.3. The van der Waals surface area contributed by atoms with Crippen molar-refractivity contribution >= 4 is 39.7 Å². The minimum absolute atomic E-state index is 0.835. The van der Waals surface area contributed by atoms with E-state index in [1.54, 1.807) is 11.3 Å². The smallest absolute Gasteiger partial charge is 0.171 e. The molecule has 2 rings (SSSR count). The predicted molar refractivity (Wildman–Crippen MR) is 86.4 cm³/mol. The lowest BCUT2D eigenvalue weighted by Crippen LogP contribution is -2.04. The van der Waals surface area contributed by atoms with Crippen molar-refractivity contribution in [2.75, 3.05) is 12.4 Å². The van der Waals surface area contributed by atoms with Gasteiger partial charge in [-0.15, -0.1) is 11.3 Å². The van der Waals surface area contributed by atoms with Gasteiger partial charge in [-0.25, -0.2) is 9.97 Å². The molecule has 0 bridgehead atoms. The second-order valence-electron chi connectivity index (χ2n) is 3.88. The van der Waals surface area contributed by atoms with Crippen LogP contribution in [0.1, 0.15) is 24.4 Å². The highest BCUT2D eigenvalue weighted by atomic mass is 127. The quantitative estimate of drug-likeness (QED) is 0.824. The van der Waals surface area contributed by atoms with Crippen molar-refractivity contribution in [1.82, 2.24) is 9.97 Å². The monoisotopic (exact) mass is 373 g/mol. The molecule has 2 heterocycles. The zero-order valence-corrected chi connectivity index (χ0v) is 13.7. The van der Waals surface area contributed by atoms with Crippen molar-refractivity contribution in [1.29, 1.82) is 0 Å². The number of thiophene rings is 1. The molecule has 18 heavy (non-hydrogen) atoms. The van der Waals surface area contributed by atoms with Crippen molar-refractivity contribution in [3.8, 4) is 10.7 Å². The molecule has 0 radical (unpaired) electrons. The highest BCUT2D eigenvalue weighted by molar-refractivity contribution is 14.1. The van der Waals surface area contributed by atoms with Crippen molar-refractivity contribution in [3.63, 3.8) is 0 Å². The van der Waals surface area contributed by atoms with Crippen LogP contribution in [-0.4, -0.2) is 17.0 Å². The van der Waals surface area contributed by atoms with E-state index in [1.807, 2.05) is 7.05 Å². The Hall–Kier alpha value is -0.690. The van der Waals surface area contributed by atoms with E-state index in [-0.39, 0.29) is 0 Å². The maximum atomic E-state index is 4.67. The lowest BCUT2D eigenvalue weighted by Gasteiger charge is -2.08. The Morgan fingerprint density at radius 3 is 2.56 bits per heavy atom. The summed E-state index contributed by atoms with van der Waals surface area (Å²) < 4.78 is 1.12. The Labute approximate surface area is 125 Å². The Morgan fingerprint density at radius 2 is 2.00 bits per heavy atom. The molecular formula is C13H16IN3S. The van der Waals surface area contributed by atoms with Gasteiger partial charge in [0.1, 0.15) is 5.82 Å². The normalized spacial score (nSPS) is 10.7. The number of nitrogens with one attached hydrogen (secondary N) is 1. The average Bonchev–Trinajstić information content (AvgIpc) is 2.88. The standard InChI is InChI=1S/C13H16IN3S/c1-4-8-6-7-10(18-8)12-16-9(5-2)11(14)13(15-3)17-12/h6-7H,4-5H2,1-3H3,(H,15,16,17). The molecule has 0 spiro atoms.